The summed E-state index contributed by atoms with van der Waals surface area (Å²) in [5, 5.41) is 4.75. The third kappa shape index (κ3) is 2.44. The van der Waals surface area contributed by atoms with Gasteiger partial charge in [0.1, 0.15) is 17.0 Å². The molecule has 0 amide bonds. The second-order valence-electron chi connectivity index (χ2n) is 5.71. The van der Waals surface area contributed by atoms with Gasteiger partial charge in [-0.15, -0.1) is 11.3 Å². The van der Waals surface area contributed by atoms with Crippen molar-refractivity contribution < 1.29 is 0 Å². The van der Waals surface area contributed by atoms with E-state index in [0.29, 0.717) is 0 Å². The summed E-state index contributed by atoms with van der Waals surface area (Å²) in [4.78, 5) is 13.8. The third-order valence-corrected chi connectivity index (χ3v) is 4.77. The highest BCUT2D eigenvalue weighted by Crippen LogP contribution is 2.31. The summed E-state index contributed by atoms with van der Waals surface area (Å²) in [7, 11) is 0. The van der Waals surface area contributed by atoms with Crippen molar-refractivity contribution in [3.05, 3.63) is 17.3 Å². The van der Waals surface area contributed by atoms with Crippen molar-refractivity contribution in [1.82, 2.24) is 15.3 Å². The summed E-state index contributed by atoms with van der Waals surface area (Å²) in [6.07, 6.45) is 2.76. The molecule has 0 spiro atoms. The maximum absolute atomic E-state index is 4.54. The Hall–Kier alpha value is -1.20. The minimum atomic E-state index is 0.138. The van der Waals surface area contributed by atoms with Gasteiger partial charge in [-0.05, 0) is 26.3 Å². The lowest BCUT2D eigenvalue weighted by Gasteiger charge is -2.39. The molecule has 0 aliphatic carbocycles. The largest absolute Gasteiger partial charge is 0.353 e. The molecule has 5 heteroatoms. The molecule has 0 unspecified atom stereocenters. The lowest BCUT2D eigenvalue weighted by atomic mass is 10.0. The van der Waals surface area contributed by atoms with Crippen molar-refractivity contribution in [3.8, 4) is 0 Å². The zero-order valence-corrected chi connectivity index (χ0v) is 12.5. The molecule has 2 aromatic heterocycles. The van der Waals surface area contributed by atoms with Crippen LogP contribution >= 0.6 is 11.3 Å². The first-order valence-electron chi connectivity index (χ1n) is 6.82. The van der Waals surface area contributed by atoms with Crippen LogP contribution in [0.1, 0.15) is 25.6 Å². The number of thiophene rings is 1. The molecule has 3 heterocycles. The Labute approximate surface area is 117 Å². The predicted octanol–water partition coefficient (Wildman–Crippen LogP) is 2.44. The third-order valence-electron chi connectivity index (χ3n) is 3.58. The van der Waals surface area contributed by atoms with Gasteiger partial charge in [0.05, 0.1) is 5.39 Å². The summed E-state index contributed by atoms with van der Waals surface area (Å²) in [5.41, 5.74) is 0.138. The fourth-order valence-electron chi connectivity index (χ4n) is 2.64. The number of rotatable bonds is 2. The molecule has 19 heavy (non-hydrogen) atoms. The number of anilines is 1. The van der Waals surface area contributed by atoms with Crippen LogP contribution in [-0.2, 0) is 6.42 Å². The lowest BCUT2D eigenvalue weighted by Crippen LogP contribution is -2.57. The van der Waals surface area contributed by atoms with Gasteiger partial charge in [0.25, 0.3) is 0 Å². The monoisotopic (exact) mass is 276 g/mol. The lowest BCUT2D eigenvalue weighted by molar-refractivity contribution is 0.352. The van der Waals surface area contributed by atoms with E-state index in [1.807, 2.05) is 0 Å². The van der Waals surface area contributed by atoms with Crippen LogP contribution in [-0.4, -0.2) is 35.1 Å². The number of aromatic nitrogens is 2. The van der Waals surface area contributed by atoms with Crippen molar-refractivity contribution in [2.45, 2.75) is 32.7 Å². The van der Waals surface area contributed by atoms with Gasteiger partial charge in [-0.2, -0.15) is 0 Å². The number of hydrogen-bond acceptors (Lipinski definition) is 5. The highest BCUT2D eigenvalue weighted by Gasteiger charge is 2.27. The van der Waals surface area contributed by atoms with Crippen LogP contribution in [0.4, 0.5) is 5.82 Å². The number of aryl methyl sites for hydroxylation is 1. The van der Waals surface area contributed by atoms with Gasteiger partial charge in [0.2, 0.25) is 0 Å². The highest BCUT2D eigenvalue weighted by atomic mass is 32.1. The molecule has 0 radical (unpaired) electrons. The zero-order valence-electron chi connectivity index (χ0n) is 11.7. The molecular weight excluding hydrogens is 256 g/mol. The van der Waals surface area contributed by atoms with E-state index in [9.17, 15) is 0 Å². The predicted molar refractivity (Wildman–Crippen MR) is 81.1 cm³/mol. The van der Waals surface area contributed by atoms with E-state index >= 15 is 0 Å². The van der Waals surface area contributed by atoms with Crippen LogP contribution in [0, 0.1) is 0 Å². The normalized spacial score (nSPS) is 19.0. The number of fused-ring (bicyclic) bond motifs is 1. The maximum atomic E-state index is 4.54. The second-order valence-corrected chi connectivity index (χ2v) is 6.83. The van der Waals surface area contributed by atoms with E-state index in [-0.39, 0.29) is 5.54 Å². The molecule has 1 saturated heterocycles. The summed E-state index contributed by atoms with van der Waals surface area (Å²) in [5.74, 6) is 1.09. The summed E-state index contributed by atoms with van der Waals surface area (Å²) in [6, 6.07) is 2.25. The van der Waals surface area contributed by atoms with Gasteiger partial charge < -0.3 is 10.2 Å². The Morgan fingerprint density at radius 3 is 3.00 bits per heavy atom. The Bertz CT molecular complexity index is 590. The van der Waals surface area contributed by atoms with Gasteiger partial charge in [-0.25, -0.2) is 9.97 Å². The smallest absolute Gasteiger partial charge is 0.140 e. The first-order valence-corrected chi connectivity index (χ1v) is 7.64. The molecule has 0 saturated carbocycles. The molecule has 0 atom stereocenters. The Balaban J connectivity index is 2.02. The molecule has 1 aliphatic heterocycles. The minimum absolute atomic E-state index is 0.138. The van der Waals surface area contributed by atoms with E-state index in [1.54, 1.807) is 17.7 Å². The fraction of sp³-hybridized carbons (Fsp3) is 0.571. The van der Waals surface area contributed by atoms with E-state index in [0.717, 1.165) is 36.7 Å². The minimum Gasteiger partial charge on any atom is -0.353 e. The molecule has 1 aliphatic rings. The first-order chi connectivity index (χ1) is 9.09. The number of nitrogens with zero attached hydrogens (tertiary/aromatic N) is 3. The second kappa shape index (κ2) is 4.72. The van der Waals surface area contributed by atoms with E-state index < -0.39 is 0 Å². The molecule has 0 aromatic carbocycles. The van der Waals surface area contributed by atoms with Crippen molar-refractivity contribution in [2.75, 3.05) is 24.5 Å². The fourth-order valence-corrected chi connectivity index (χ4v) is 3.57. The van der Waals surface area contributed by atoms with Crippen molar-refractivity contribution in [3.63, 3.8) is 0 Å². The van der Waals surface area contributed by atoms with Gasteiger partial charge in [-0.1, -0.05) is 6.92 Å². The van der Waals surface area contributed by atoms with Crippen LogP contribution in [0.3, 0.4) is 0 Å². The van der Waals surface area contributed by atoms with Gasteiger partial charge in [-0.3, -0.25) is 0 Å². The zero-order chi connectivity index (χ0) is 13.5. The summed E-state index contributed by atoms with van der Waals surface area (Å²) >= 11 is 1.78. The van der Waals surface area contributed by atoms with Crippen LogP contribution in [0.15, 0.2) is 12.4 Å². The average molecular weight is 276 g/mol. The molecule has 1 fully saturated rings. The highest BCUT2D eigenvalue weighted by molar-refractivity contribution is 7.18. The maximum Gasteiger partial charge on any atom is 0.140 e. The van der Waals surface area contributed by atoms with Gasteiger partial charge in [0, 0.05) is 30.1 Å². The topological polar surface area (TPSA) is 41.0 Å². The number of piperazine rings is 1. The molecule has 3 rings (SSSR count). The van der Waals surface area contributed by atoms with Crippen molar-refractivity contribution in [1.29, 1.82) is 0 Å². The molecular formula is C14H20N4S. The van der Waals surface area contributed by atoms with E-state index in [4.69, 9.17) is 0 Å². The molecule has 4 nitrogen and oxygen atoms in total. The van der Waals surface area contributed by atoms with Gasteiger partial charge in [0.15, 0.2) is 0 Å². The quantitative estimate of drug-likeness (QED) is 0.914. The van der Waals surface area contributed by atoms with E-state index in [1.165, 1.54) is 10.3 Å². The molecule has 102 valence electrons. The average Bonchev–Trinajstić information content (AvgIpc) is 2.80. The van der Waals surface area contributed by atoms with Crippen molar-refractivity contribution >= 4 is 27.4 Å². The number of hydrogen-bond donors (Lipinski definition) is 1. The molecule has 2 aromatic rings. The van der Waals surface area contributed by atoms with E-state index in [2.05, 4.69) is 47.0 Å². The van der Waals surface area contributed by atoms with Crippen LogP contribution in [0.25, 0.3) is 10.2 Å². The van der Waals surface area contributed by atoms with Crippen LogP contribution in [0.2, 0.25) is 0 Å². The summed E-state index contributed by atoms with van der Waals surface area (Å²) in [6.45, 7) is 9.66. The molecule has 0 bridgehead atoms. The Morgan fingerprint density at radius 1 is 1.42 bits per heavy atom. The molecule has 1 N–H and O–H groups in total. The summed E-state index contributed by atoms with van der Waals surface area (Å²) < 4.78 is 0. The van der Waals surface area contributed by atoms with Gasteiger partial charge >= 0.3 is 0 Å². The van der Waals surface area contributed by atoms with Crippen LogP contribution < -0.4 is 10.2 Å². The first kappa shape index (κ1) is 12.8. The van der Waals surface area contributed by atoms with Crippen LogP contribution in [0.5, 0.6) is 0 Å². The Kier molecular flexibility index (Phi) is 3.19. The van der Waals surface area contributed by atoms with Crippen molar-refractivity contribution in [2.24, 2.45) is 0 Å². The standard InChI is InChI=1S/C14H20N4S/c1-4-10-7-11-12(15-9-16-13(11)19-10)18-6-5-17-14(2,3)8-18/h7,9,17H,4-6,8H2,1-3H3. The SMILES string of the molecule is CCc1cc2c(N3CCNC(C)(C)C3)ncnc2s1. The number of nitrogens with one attached hydrogen (secondary N) is 1. The Morgan fingerprint density at radius 2 is 2.26 bits per heavy atom.